The summed E-state index contributed by atoms with van der Waals surface area (Å²) < 4.78 is 0. The van der Waals surface area contributed by atoms with E-state index in [1.807, 2.05) is 14.1 Å². The summed E-state index contributed by atoms with van der Waals surface area (Å²) >= 11 is 0. The van der Waals surface area contributed by atoms with Crippen molar-refractivity contribution >= 4 is 5.91 Å². The van der Waals surface area contributed by atoms with Crippen molar-refractivity contribution in [1.82, 2.24) is 9.80 Å². The molecule has 0 radical (unpaired) electrons. The minimum atomic E-state index is 0.209. The summed E-state index contributed by atoms with van der Waals surface area (Å²) in [5.41, 5.74) is 0. The molecule has 1 fully saturated rings. The average Bonchev–Trinajstić information content (AvgIpc) is 2.01. The van der Waals surface area contributed by atoms with Gasteiger partial charge in [0, 0.05) is 33.1 Å². The van der Waals surface area contributed by atoms with Gasteiger partial charge in [-0.1, -0.05) is 13.8 Å². The van der Waals surface area contributed by atoms with Crippen LogP contribution in [0.2, 0.25) is 0 Å². The van der Waals surface area contributed by atoms with Gasteiger partial charge in [0.2, 0.25) is 5.91 Å². The third-order valence-corrected chi connectivity index (χ3v) is 3.15. The molecule has 0 spiro atoms. The summed E-state index contributed by atoms with van der Waals surface area (Å²) in [7, 11) is 5.82. The zero-order valence-electron chi connectivity index (χ0n) is 9.95. The van der Waals surface area contributed by atoms with E-state index in [2.05, 4.69) is 25.8 Å². The Kier molecular flexibility index (Phi) is 3.53. The van der Waals surface area contributed by atoms with Crippen molar-refractivity contribution in [3.63, 3.8) is 0 Å². The lowest BCUT2D eigenvalue weighted by molar-refractivity contribution is -0.138. The number of hydrogen-bond acceptors (Lipinski definition) is 2. The molecule has 3 nitrogen and oxygen atoms in total. The van der Waals surface area contributed by atoms with Crippen molar-refractivity contribution in [1.29, 1.82) is 0 Å². The molecule has 0 N–H and O–H groups in total. The maximum Gasteiger partial charge on any atom is 0.225 e. The lowest BCUT2D eigenvalue weighted by Gasteiger charge is -2.39. The van der Waals surface area contributed by atoms with Gasteiger partial charge in [-0.05, 0) is 18.9 Å². The number of hydrogen-bond donors (Lipinski definition) is 0. The standard InChI is InChI=1S/C11H22N2O/c1-8-6-13(5)7-9(2)10(8)11(14)12(3)4/h8-10H,6-7H2,1-5H3. The molecule has 0 saturated carbocycles. The van der Waals surface area contributed by atoms with Gasteiger partial charge >= 0.3 is 0 Å². The molecule has 82 valence electrons. The van der Waals surface area contributed by atoms with E-state index in [1.165, 1.54) is 0 Å². The van der Waals surface area contributed by atoms with Crippen LogP contribution in [0, 0.1) is 17.8 Å². The first kappa shape index (κ1) is 11.5. The molecule has 0 aromatic carbocycles. The minimum absolute atomic E-state index is 0.209. The smallest absolute Gasteiger partial charge is 0.225 e. The Labute approximate surface area is 87.1 Å². The first-order chi connectivity index (χ1) is 6.43. The molecule has 0 bridgehead atoms. The third-order valence-electron chi connectivity index (χ3n) is 3.15. The van der Waals surface area contributed by atoms with Crippen LogP contribution >= 0.6 is 0 Å². The van der Waals surface area contributed by atoms with Gasteiger partial charge in [-0.3, -0.25) is 4.79 Å². The van der Waals surface area contributed by atoms with E-state index >= 15 is 0 Å². The number of piperidine rings is 1. The fourth-order valence-electron chi connectivity index (χ4n) is 2.63. The zero-order valence-corrected chi connectivity index (χ0v) is 9.95. The number of carbonyl (C=O) groups excluding carboxylic acids is 1. The van der Waals surface area contributed by atoms with Gasteiger partial charge in [-0.2, -0.15) is 0 Å². The lowest BCUT2D eigenvalue weighted by Crippen LogP contribution is -2.48. The molecule has 1 saturated heterocycles. The zero-order chi connectivity index (χ0) is 10.9. The maximum atomic E-state index is 11.9. The van der Waals surface area contributed by atoms with Crippen molar-refractivity contribution in [2.24, 2.45) is 17.8 Å². The highest BCUT2D eigenvalue weighted by Gasteiger charge is 2.36. The second-order valence-corrected chi connectivity index (χ2v) is 4.93. The monoisotopic (exact) mass is 198 g/mol. The van der Waals surface area contributed by atoms with Crippen LogP contribution in [-0.4, -0.2) is 49.9 Å². The molecule has 0 aromatic rings. The van der Waals surface area contributed by atoms with Gasteiger partial charge in [-0.15, -0.1) is 0 Å². The third kappa shape index (κ3) is 2.27. The summed E-state index contributed by atoms with van der Waals surface area (Å²) in [5, 5.41) is 0. The molecular weight excluding hydrogens is 176 g/mol. The van der Waals surface area contributed by atoms with Crippen molar-refractivity contribution in [2.75, 3.05) is 34.2 Å². The van der Waals surface area contributed by atoms with Crippen molar-refractivity contribution in [3.05, 3.63) is 0 Å². The second-order valence-electron chi connectivity index (χ2n) is 4.93. The first-order valence-electron chi connectivity index (χ1n) is 5.33. The summed E-state index contributed by atoms with van der Waals surface area (Å²) in [6.45, 7) is 6.43. The molecule has 0 aliphatic carbocycles. The molecule has 1 aliphatic rings. The summed E-state index contributed by atoms with van der Waals surface area (Å²) in [6.07, 6.45) is 0. The predicted molar refractivity (Wildman–Crippen MR) is 58.0 cm³/mol. The van der Waals surface area contributed by atoms with Gasteiger partial charge < -0.3 is 9.80 Å². The SMILES string of the molecule is CC1CN(C)CC(C)C1C(=O)N(C)C. The average molecular weight is 198 g/mol. The number of rotatable bonds is 1. The van der Waals surface area contributed by atoms with E-state index in [4.69, 9.17) is 0 Å². The number of carbonyl (C=O) groups is 1. The van der Waals surface area contributed by atoms with Crippen molar-refractivity contribution < 1.29 is 4.79 Å². The highest BCUT2D eigenvalue weighted by atomic mass is 16.2. The highest BCUT2D eigenvalue weighted by Crippen LogP contribution is 2.28. The second kappa shape index (κ2) is 4.30. The molecule has 1 rings (SSSR count). The van der Waals surface area contributed by atoms with Crippen LogP contribution in [0.3, 0.4) is 0 Å². The van der Waals surface area contributed by atoms with Crippen molar-refractivity contribution in [3.8, 4) is 0 Å². The fourth-order valence-corrected chi connectivity index (χ4v) is 2.63. The Bertz CT molecular complexity index is 203. The van der Waals surface area contributed by atoms with Gasteiger partial charge in [0.15, 0.2) is 0 Å². The lowest BCUT2D eigenvalue weighted by atomic mass is 9.79. The topological polar surface area (TPSA) is 23.6 Å². The fraction of sp³-hybridized carbons (Fsp3) is 0.909. The van der Waals surface area contributed by atoms with Crippen LogP contribution in [-0.2, 0) is 4.79 Å². The van der Waals surface area contributed by atoms with E-state index in [-0.39, 0.29) is 11.8 Å². The molecule has 2 atom stereocenters. The summed E-state index contributed by atoms with van der Waals surface area (Å²) in [4.78, 5) is 16.0. The van der Waals surface area contributed by atoms with Crippen molar-refractivity contribution in [2.45, 2.75) is 13.8 Å². The van der Waals surface area contributed by atoms with E-state index in [1.54, 1.807) is 4.90 Å². The largest absolute Gasteiger partial charge is 0.349 e. The van der Waals surface area contributed by atoms with E-state index in [0.29, 0.717) is 11.8 Å². The normalized spacial score (nSPS) is 34.2. The van der Waals surface area contributed by atoms with Gasteiger partial charge in [0.25, 0.3) is 0 Å². The van der Waals surface area contributed by atoms with E-state index in [0.717, 1.165) is 13.1 Å². The van der Waals surface area contributed by atoms with Gasteiger partial charge in [0.1, 0.15) is 0 Å². The Morgan fingerprint density at radius 1 is 1.21 bits per heavy atom. The van der Waals surface area contributed by atoms with Crippen LogP contribution in [0.15, 0.2) is 0 Å². The van der Waals surface area contributed by atoms with Crippen LogP contribution in [0.5, 0.6) is 0 Å². The van der Waals surface area contributed by atoms with Crippen LogP contribution in [0.25, 0.3) is 0 Å². The molecule has 2 unspecified atom stereocenters. The molecule has 1 heterocycles. The Hall–Kier alpha value is -0.570. The van der Waals surface area contributed by atoms with Gasteiger partial charge in [-0.25, -0.2) is 0 Å². The Morgan fingerprint density at radius 3 is 2.00 bits per heavy atom. The number of nitrogens with zero attached hydrogens (tertiary/aromatic N) is 2. The summed E-state index contributed by atoms with van der Waals surface area (Å²) in [6, 6.07) is 0. The minimum Gasteiger partial charge on any atom is -0.349 e. The molecule has 1 aliphatic heterocycles. The Morgan fingerprint density at radius 2 is 1.64 bits per heavy atom. The molecule has 0 aromatic heterocycles. The highest BCUT2D eigenvalue weighted by molar-refractivity contribution is 5.79. The molecule has 1 amide bonds. The Balaban J connectivity index is 2.72. The molecule has 3 heteroatoms. The predicted octanol–water partition coefficient (Wildman–Crippen LogP) is 0.908. The molecular formula is C11H22N2O. The van der Waals surface area contributed by atoms with Crippen LogP contribution in [0.1, 0.15) is 13.8 Å². The number of amides is 1. The van der Waals surface area contributed by atoms with Crippen LogP contribution in [0.4, 0.5) is 0 Å². The quantitative estimate of drug-likeness (QED) is 0.625. The summed E-state index contributed by atoms with van der Waals surface area (Å²) in [5.74, 6) is 1.44. The van der Waals surface area contributed by atoms with Gasteiger partial charge in [0.05, 0.1) is 0 Å². The van der Waals surface area contributed by atoms with E-state index in [9.17, 15) is 4.79 Å². The molecule has 14 heavy (non-hydrogen) atoms. The maximum absolute atomic E-state index is 11.9. The number of likely N-dealkylation sites (tertiary alicyclic amines) is 1. The first-order valence-corrected chi connectivity index (χ1v) is 5.33. The van der Waals surface area contributed by atoms with E-state index < -0.39 is 0 Å². The van der Waals surface area contributed by atoms with Crippen LogP contribution < -0.4 is 0 Å².